The number of aromatic amines is 1. The van der Waals surface area contributed by atoms with E-state index < -0.39 is 0 Å². The van der Waals surface area contributed by atoms with Crippen LogP contribution in [0.25, 0.3) is 11.2 Å². The Morgan fingerprint density at radius 3 is 2.58 bits per heavy atom. The number of nitrogens with zero attached hydrogens (tertiary/aromatic N) is 4. The molecule has 0 unspecified atom stereocenters. The van der Waals surface area contributed by atoms with Crippen LogP contribution in [0.15, 0.2) is 18.5 Å². The lowest BCUT2D eigenvalue weighted by atomic mass is 10.2. The first-order chi connectivity index (χ1) is 14.8. The summed E-state index contributed by atoms with van der Waals surface area (Å²) in [6.07, 6.45) is 2.90. The van der Waals surface area contributed by atoms with Gasteiger partial charge in [-0.15, -0.1) is 0 Å². The number of ether oxygens (including phenoxy) is 1. The van der Waals surface area contributed by atoms with Crippen molar-refractivity contribution in [1.82, 2.24) is 30.2 Å². The molecule has 0 spiro atoms. The van der Waals surface area contributed by atoms with Crippen molar-refractivity contribution in [3.63, 3.8) is 0 Å². The van der Waals surface area contributed by atoms with Gasteiger partial charge in [0.1, 0.15) is 12.2 Å². The highest BCUT2D eigenvalue weighted by Gasteiger charge is 2.18. The molecular weight excluding hydrogens is 445 g/mol. The third-order valence-corrected chi connectivity index (χ3v) is 4.89. The zero-order chi connectivity index (χ0) is 22.5. The molecule has 10 nitrogen and oxygen atoms in total. The average Bonchev–Trinajstić information content (AvgIpc) is 3.11. The Balaban J connectivity index is 1.91. The molecule has 3 aromatic heterocycles. The Morgan fingerprint density at radius 2 is 1.94 bits per heavy atom. The van der Waals surface area contributed by atoms with E-state index in [4.69, 9.17) is 27.9 Å². The summed E-state index contributed by atoms with van der Waals surface area (Å²) >= 11 is 12.3. The first-order valence-electron chi connectivity index (χ1n) is 9.39. The van der Waals surface area contributed by atoms with E-state index in [1.807, 2.05) is 6.92 Å². The molecule has 0 aliphatic heterocycles. The number of H-pyrrole nitrogens is 1. The summed E-state index contributed by atoms with van der Waals surface area (Å²) in [5.74, 6) is 0.0183. The maximum atomic E-state index is 12.5. The fourth-order valence-electron chi connectivity index (χ4n) is 2.60. The number of fused-ring (bicyclic) bond motifs is 1. The topological polar surface area (TPSA) is 125 Å². The monoisotopic (exact) mass is 465 g/mol. The van der Waals surface area contributed by atoms with Crippen molar-refractivity contribution in [2.24, 2.45) is 0 Å². The number of hydrogen-bond donors (Lipinski definition) is 3. The van der Waals surface area contributed by atoms with Crippen molar-refractivity contribution in [2.45, 2.75) is 13.8 Å². The highest BCUT2D eigenvalue weighted by atomic mass is 35.5. The molecule has 0 atom stereocenters. The second kappa shape index (κ2) is 9.80. The summed E-state index contributed by atoms with van der Waals surface area (Å²) in [4.78, 5) is 41.1. The lowest BCUT2D eigenvalue weighted by Gasteiger charge is -2.15. The Labute approximate surface area is 188 Å². The van der Waals surface area contributed by atoms with Crippen molar-refractivity contribution >= 4 is 57.8 Å². The van der Waals surface area contributed by atoms with E-state index in [2.05, 4.69) is 30.6 Å². The number of carbonyl (C=O) groups is 2. The molecular formula is C19H21Cl2N7O3. The lowest BCUT2D eigenvalue weighted by molar-refractivity contribution is -0.127. The maximum absolute atomic E-state index is 12.5. The van der Waals surface area contributed by atoms with Crippen LogP contribution < -0.4 is 15.4 Å². The molecule has 0 saturated heterocycles. The summed E-state index contributed by atoms with van der Waals surface area (Å²) in [6.45, 7) is 4.23. The maximum Gasteiger partial charge on any atom is 0.256 e. The predicted octanol–water partition coefficient (Wildman–Crippen LogP) is 3.01. The van der Waals surface area contributed by atoms with Crippen LogP contribution in [0.4, 0.5) is 11.6 Å². The van der Waals surface area contributed by atoms with Gasteiger partial charge in [0.25, 0.3) is 5.91 Å². The SMILES string of the molecule is CCNC(=O)c1cc2[nH]c(Nc3c(Cl)cncc3Cl)nc2nc1OCCN(C)C(C)=O. The lowest BCUT2D eigenvalue weighted by Crippen LogP contribution is -2.29. The van der Waals surface area contributed by atoms with Crippen molar-refractivity contribution in [1.29, 1.82) is 0 Å². The molecule has 0 aliphatic carbocycles. The number of likely N-dealkylation sites (N-methyl/N-ethyl adjacent to an activating group) is 1. The van der Waals surface area contributed by atoms with Crippen LogP contribution in [0, 0.1) is 0 Å². The number of pyridine rings is 2. The first kappa shape index (κ1) is 22.6. The van der Waals surface area contributed by atoms with E-state index in [1.54, 1.807) is 13.1 Å². The molecule has 0 bridgehead atoms. The smallest absolute Gasteiger partial charge is 0.256 e. The van der Waals surface area contributed by atoms with Crippen LogP contribution in [0.2, 0.25) is 10.0 Å². The summed E-state index contributed by atoms with van der Waals surface area (Å²) in [5.41, 5.74) is 1.52. The van der Waals surface area contributed by atoms with Gasteiger partial charge in [-0.2, -0.15) is 9.97 Å². The summed E-state index contributed by atoms with van der Waals surface area (Å²) < 4.78 is 5.71. The minimum Gasteiger partial charge on any atom is -0.475 e. The van der Waals surface area contributed by atoms with Crippen LogP contribution in [0.1, 0.15) is 24.2 Å². The summed E-state index contributed by atoms with van der Waals surface area (Å²) in [5, 5.41) is 6.37. The second-order valence-corrected chi connectivity index (χ2v) is 7.36. The van der Waals surface area contributed by atoms with Crippen molar-refractivity contribution < 1.29 is 14.3 Å². The normalized spacial score (nSPS) is 10.7. The highest BCUT2D eigenvalue weighted by Crippen LogP contribution is 2.31. The van der Waals surface area contributed by atoms with Gasteiger partial charge in [0.05, 0.1) is 27.8 Å². The van der Waals surface area contributed by atoms with Gasteiger partial charge in [-0.1, -0.05) is 23.2 Å². The molecule has 2 amide bonds. The fourth-order valence-corrected chi connectivity index (χ4v) is 3.06. The standard InChI is InChI=1S/C19H21Cl2N7O3/c1-4-23-17(30)11-7-14-16(26-18(11)31-6-5-28(3)10(2)29)27-19(24-14)25-15-12(20)8-22-9-13(15)21/h7-9H,4-6H2,1-3H3,(H,23,30)(H2,22,24,25,26,27). The quantitative estimate of drug-likeness (QED) is 0.466. The Morgan fingerprint density at radius 1 is 1.23 bits per heavy atom. The van der Waals surface area contributed by atoms with Crippen molar-refractivity contribution in [3.8, 4) is 5.88 Å². The van der Waals surface area contributed by atoms with Gasteiger partial charge in [0, 0.05) is 32.9 Å². The van der Waals surface area contributed by atoms with Crippen LogP contribution in [-0.4, -0.2) is 63.4 Å². The molecule has 0 fully saturated rings. The molecule has 3 heterocycles. The molecule has 0 radical (unpaired) electrons. The number of amides is 2. The second-order valence-electron chi connectivity index (χ2n) is 6.55. The number of imidazole rings is 1. The fraction of sp³-hybridized carbons (Fsp3) is 0.316. The molecule has 0 saturated carbocycles. The van der Waals surface area contributed by atoms with E-state index in [1.165, 1.54) is 24.2 Å². The molecule has 12 heteroatoms. The van der Waals surface area contributed by atoms with E-state index in [0.717, 1.165) is 0 Å². The summed E-state index contributed by atoms with van der Waals surface area (Å²) in [7, 11) is 1.66. The van der Waals surface area contributed by atoms with Gasteiger partial charge in [-0.25, -0.2) is 0 Å². The molecule has 3 N–H and O–H groups in total. The van der Waals surface area contributed by atoms with Gasteiger partial charge >= 0.3 is 0 Å². The summed E-state index contributed by atoms with van der Waals surface area (Å²) in [6, 6.07) is 1.60. The van der Waals surface area contributed by atoms with Crippen LogP contribution >= 0.6 is 23.2 Å². The predicted molar refractivity (Wildman–Crippen MR) is 118 cm³/mol. The van der Waals surface area contributed by atoms with Gasteiger partial charge in [-0.05, 0) is 13.0 Å². The van der Waals surface area contributed by atoms with Gasteiger partial charge in [-0.3, -0.25) is 14.6 Å². The van der Waals surface area contributed by atoms with Crippen LogP contribution in [0.5, 0.6) is 5.88 Å². The molecule has 0 aliphatic rings. The molecule has 3 aromatic rings. The number of halogens is 2. The van der Waals surface area contributed by atoms with Gasteiger partial charge in [0.2, 0.25) is 17.7 Å². The van der Waals surface area contributed by atoms with Crippen LogP contribution in [0.3, 0.4) is 0 Å². The Hall–Kier alpha value is -3.11. The van der Waals surface area contributed by atoms with E-state index >= 15 is 0 Å². The third kappa shape index (κ3) is 5.33. The zero-order valence-electron chi connectivity index (χ0n) is 17.1. The molecule has 31 heavy (non-hydrogen) atoms. The number of carbonyl (C=O) groups excluding carboxylic acids is 2. The minimum absolute atomic E-state index is 0.0904. The number of aromatic nitrogens is 4. The molecule has 164 valence electrons. The number of anilines is 2. The molecule has 3 rings (SSSR count). The van der Waals surface area contributed by atoms with Gasteiger partial charge < -0.3 is 25.3 Å². The molecule has 0 aromatic carbocycles. The largest absolute Gasteiger partial charge is 0.475 e. The minimum atomic E-state index is -0.337. The van der Waals surface area contributed by atoms with Crippen molar-refractivity contribution in [2.75, 3.05) is 32.1 Å². The van der Waals surface area contributed by atoms with E-state index in [-0.39, 0.29) is 29.9 Å². The van der Waals surface area contributed by atoms with Crippen molar-refractivity contribution in [3.05, 3.63) is 34.1 Å². The number of nitrogens with one attached hydrogen (secondary N) is 3. The van der Waals surface area contributed by atoms with Crippen LogP contribution in [-0.2, 0) is 4.79 Å². The number of rotatable bonds is 8. The first-order valence-corrected chi connectivity index (χ1v) is 10.1. The third-order valence-electron chi connectivity index (χ3n) is 4.32. The Bertz CT molecular complexity index is 1100. The van der Waals surface area contributed by atoms with Gasteiger partial charge in [0.15, 0.2) is 5.65 Å². The van der Waals surface area contributed by atoms with E-state index in [0.29, 0.717) is 45.9 Å². The Kier molecular flexibility index (Phi) is 7.13. The number of hydrogen-bond acceptors (Lipinski definition) is 7. The van der Waals surface area contributed by atoms with E-state index in [9.17, 15) is 9.59 Å². The highest BCUT2D eigenvalue weighted by molar-refractivity contribution is 6.39. The average molecular weight is 466 g/mol. The zero-order valence-corrected chi connectivity index (χ0v) is 18.6.